The zero-order chi connectivity index (χ0) is 24.6. The summed E-state index contributed by atoms with van der Waals surface area (Å²) in [4.78, 5) is 12.5. The summed E-state index contributed by atoms with van der Waals surface area (Å²) in [6.45, 7) is 4.88. The average Bonchev–Trinajstić information content (AvgIpc) is 2.81. The number of amides is 1. The van der Waals surface area contributed by atoms with Gasteiger partial charge in [0.1, 0.15) is 0 Å². The van der Waals surface area contributed by atoms with Gasteiger partial charge in [0, 0.05) is 22.3 Å². The molecule has 0 radical (unpaired) electrons. The fourth-order valence-electron chi connectivity index (χ4n) is 3.18. The van der Waals surface area contributed by atoms with Crippen molar-refractivity contribution in [2.45, 2.75) is 31.6 Å². The molecule has 2 N–H and O–H groups in total. The second-order valence-electron chi connectivity index (χ2n) is 7.33. The molecule has 0 bridgehead atoms. The summed E-state index contributed by atoms with van der Waals surface area (Å²) in [7, 11) is -3.73. The summed E-state index contributed by atoms with van der Waals surface area (Å²) in [6.07, 6.45) is 0.798. The number of rotatable bonds is 11. The van der Waals surface area contributed by atoms with E-state index in [4.69, 9.17) is 9.47 Å². The molecule has 0 aliphatic heterocycles. The van der Waals surface area contributed by atoms with E-state index >= 15 is 0 Å². The minimum atomic E-state index is -3.73. The second-order valence-corrected chi connectivity index (χ2v) is 9.93. The van der Waals surface area contributed by atoms with Gasteiger partial charge in [0.05, 0.1) is 18.1 Å². The highest BCUT2D eigenvalue weighted by molar-refractivity contribution is 9.10. The van der Waals surface area contributed by atoms with Crippen molar-refractivity contribution >= 4 is 43.2 Å². The molecule has 0 saturated heterocycles. The van der Waals surface area contributed by atoms with Crippen molar-refractivity contribution in [2.75, 3.05) is 23.3 Å². The van der Waals surface area contributed by atoms with E-state index in [-0.39, 0.29) is 17.2 Å². The summed E-state index contributed by atoms with van der Waals surface area (Å²) >= 11 is 3.32. The predicted octanol–water partition coefficient (Wildman–Crippen LogP) is 5.62. The third-order valence-electron chi connectivity index (χ3n) is 4.79. The van der Waals surface area contributed by atoms with Gasteiger partial charge in [-0.3, -0.25) is 9.52 Å². The second kappa shape index (κ2) is 11.9. The summed E-state index contributed by atoms with van der Waals surface area (Å²) in [5, 5.41) is 2.80. The number of carbonyl (C=O) groups excluding carboxylic acids is 1. The van der Waals surface area contributed by atoms with Gasteiger partial charge in [0.25, 0.3) is 10.0 Å². The lowest BCUT2D eigenvalue weighted by Gasteiger charge is -2.12. The summed E-state index contributed by atoms with van der Waals surface area (Å²) < 4.78 is 39.8. The van der Waals surface area contributed by atoms with Gasteiger partial charge >= 0.3 is 0 Å². The van der Waals surface area contributed by atoms with Crippen molar-refractivity contribution in [3.63, 3.8) is 0 Å². The first-order chi connectivity index (χ1) is 16.3. The van der Waals surface area contributed by atoms with E-state index < -0.39 is 10.0 Å². The van der Waals surface area contributed by atoms with Crippen LogP contribution in [-0.4, -0.2) is 27.5 Å². The van der Waals surface area contributed by atoms with E-state index in [0.29, 0.717) is 42.5 Å². The lowest BCUT2D eigenvalue weighted by molar-refractivity contribution is -0.116. The van der Waals surface area contributed by atoms with Crippen LogP contribution in [0.1, 0.15) is 25.8 Å². The number of sulfonamides is 1. The number of ether oxygens (including phenoxy) is 2. The number of nitrogens with one attached hydrogen (secondary N) is 2. The van der Waals surface area contributed by atoms with Crippen molar-refractivity contribution < 1.29 is 22.7 Å². The van der Waals surface area contributed by atoms with Crippen LogP contribution < -0.4 is 19.5 Å². The van der Waals surface area contributed by atoms with Crippen LogP contribution >= 0.6 is 15.9 Å². The highest BCUT2D eigenvalue weighted by Crippen LogP contribution is 2.29. The van der Waals surface area contributed by atoms with Crippen LogP contribution in [0.2, 0.25) is 0 Å². The fourth-order valence-corrected chi connectivity index (χ4v) is 4.50. The molecule has 0 heterocycles. The summed E-state index contributed by atoms with van der Waals surface area (Å²) in [5.41, 5.74) is 1.94. The summed E-state index contributed by atoms with van der Waals surface area (Å²) in [5.74, 6) is 1.17. The van der Waals surface area contributed by atoms with Gasteiger partial charge in [0.2, 0.25) is 5.91 Å². The number of benzene rings is 3. The van der Waals surface area contributed by atoms with Crippen molar-refractivity contribution in [3.05, 3.63) is 76.8 Å². The maximum absolute atomic E-state index is 12.6. The lowest BCUT2D eigenvalue weighted by Crippen LogP contribution is -2.14. The predicted molar refractivity (Wildman–Crippen MR) is 137 cm³/mol. The largest absolute Gasteiger partial charge is 0.490 e. The quantitative estimate of drug-likeness (QED) is 0.325. The molecule has 180 valence electrons. The highest BCUT2D eigenvalue weighted by atomic mass is 79.9. The van der Waals surface area contributed by atoms with Crippen molar-refractivity contribution in [3.8, 4) is 11.5 Å². The number of anilines is 2. The number of aryl methyl sites for hydroxylation is 1. The molecule has 0 unspecified atom stereocenters. The van der Waals surface area contributed by atoms with Gasteiger partial charge in [-0.1, -0.05) is 22.0 Å². The molecule has 7 nitrogen and oxygen atoms in total. The van der Waals surface area contributed by atoms with E-state index in [1.54, 1.807) is 36.4 Å². The number of hydrogen-bond acceptors (Lipinski definition) is 5. The fraction of sp³-hybridized carbons (Fsp3) is 0.240. The molecule has 0 saturated carbocycles. The van der Waals surface area contributed by atoms with Crippen molar-refractivity contribution in [1.82, 2.24) is 0 Å². The zero-order valence-electron chi connectivity index (χ0n) is 19.0. The molecule has 0 fully saturated rings. The van der Waals surface area contributed by atoms with Gasteiger partial charge in [-0.15, -0.1) is 0 Å². The topological polar surface area (TPSA) is 93.7 Å². The lowest BCUT2D eigenvalue weighted by atomic mass is 10.1. The van der Waals surface area contributed by atoms with Gasteiger partial charge in [-0.2, -0.15) is 0 Å². The molecule has 9 heteroatoms. The molecule has 3 rings (SSSR count). The highest BCUT2D eigenvalue weighted by Gasteiger charge is 2.14. The zero-order valence-corrected chi connectivity index (χ0v) is 21.4. The standard InChI is InChI=1S/C25H27BrN2O5S/c1-3-32-23-15-5-18(17-24(23)33-4-2)6-16-25(29)27-20-11-13-22(14-12-20)34(30,31)28-21-9-7-19(26)8-10-21/h5,7-15,17,28H,3-4,6,16H2,1-2H3,(H,27,29). The molecule has 0 aliphatic rings. The van der Waals surface area contributed by atoms with Gasteiger partial charge < -0.3 is 14.8 Å². The van der Waals surface area contributed by atoms with Crippen LogP contribution in [0.4, 0.5) is 11.4 Å². The Bertz CT molecular complexity index is 1210. The first-order valence-corrected chi connectivity index (χ1v) is 13.1. The molecule has 1 amide bonds. The molecule has 0 aliphatic carbocycles. The molecule has 0 aromatic heterocycles. The number of halogens is 1. The SMILES string of the molecule is CCOc1ccc(CCC(=O)Nc2ccc(S(=O)(=O)Nc3ccc(Br)cc3)cc2)cc1OCC. The average molecular weight is 547 g/mol. The number of hydrogen-bond donors (Lipinski definition) is 2. The van der Waals surface area contributed by atoms with Crippen LogP contribution in [-0.2, 0) is 21.2 Å². The maximum atomic E-state index is 12.6. The molecule has 0 atom stereocenters. The Morgan fingerprint density at radius 2 is 1.47 bits per heavy atom. The van der Waals surface area contributed by atoms with Gasteiger partial charge in [-0.05, 0) is 86.5 Å². The Labute approximate surface area is 208 Å². The van der Waals surface area contributed by atoms with Crippen molar-refractivity contribution in [1.29, 1.82) is 0 Å². The normalized spacial score (nSPS) is 11.0. The summed E-state index contributed by atoms with van der Waals surface area (Å²) in [6, 6.07) is 18.5. The first-order valence-electron chi connectivity index (χ1n) is 10.9. The Morgan fingerprint density at radius 1 is 0.853 bits per heavy atom. The van der Waals surface area contributed by atoms with Gasteiger partial charge in [-0.25, -0.2) is 8.42 Å². The molecule has 0 spiro atoms. The van der Waals surface area contributed by atoms with E-state index in [0.717, 1.165) is 10.0 Å². The Balaban J connectivity index is 1.57. The Kier molecular flexibility index (Phi) is 8.95. The van der Waals surface area contributed by atoms with E-state index in [1.807, 2.05) is 32.0 Å². The maximum Gasteiger partial charge on any atom is 0.261 e. The van der Waals surface area contributed by atoms with E-state index in [1.165, 1.54) is 12.1 Å². The molecule has 3 aromatic rings. The van der Waals surface area contributed by atoms with Crippen LogP contribution in [0.3, 0.4) is 0 Å². The smallest absolute Gasteiger partial charge is 0.261 e. The number of carbonyl (C=O) groups is 1. The minimum absolute atomic E-state index is 0.103. The van der Waals surface area contributed by atoms with Crippen LogP contribution in [0.15, 0.2) is 76.1 Å². The minimum Gasteiger partial charge on any atom is -0.490 e. The Hall–Kier alpha value is -3.04. The third kappa shape index (κ3) is 7.23. The van der Waals surface area contributed by atoms with E-state index in [9.17, 15) is 13.2 Å². The monoisotopic (exact) mass is 546 g/mol. The molecular weight excluding hydrogens is 520 g/mol. The van der Waals surface area contributed by atoms with Gasteiger partial charge in [0.15, 0.2) is 11.5 Å². The first kappa shape index (κ1) is 25.6. The molecular formula is C25H27BrN2O5S. The Morgan fingerprint density at radius 3 is 2.12 bits per heavy atom. The molecule has 34 heavy (non-hydrogen) atoms. The molecule has 3 aromatic carbocycles. The van der Waals surface area contributed by atoms with Crippen molar-refractivity contribution in [2.24, 2.45) is 0 Å². The van der Waals surface area contributed by atoms with E-state index in [2.05, 4.69) is 26.0 Å². The van der Waals surface area contributed by atoms with Crippen LogP contribution in [0.25, 0.3) is 0 Å². The van der Waals surface area contributed by atoms with Crippen LogP contribution in [0, 0.1) is 0 Å². The van der Waals surface area contributed by atoms with Crippen LogP contribution in [0.5, 0.6) is 11.5 Å². The third-order valence-corrected chi connectivity index (χ3v) is 6.72.